The van der Waals surface area contributed by atoms with Crippen molar-refractivity contribution in [3.05, 3.63) is 47.7 Å². The molecule has 3 heterocycles. The molecule has 5 rings (SSSR count). The molecule has 2 aromatic rings. The van der Waals surface area contributed by atoms with Gasteiger partial charge >= 0.3 is 5.97 Å². The second-order valence-electron chi connectivity index (χ2n) is 7.07. The van der Waals surface area contributed by atoms with Gasteiger partial charge in [-0.05, 0) is 30.4 Å². The molecular weight excluding hydrogens is 288 g/mol. The van der Waals surface area contributed by atoms with Crippen molar-refractivity contribution in [1.82, 2.24) is 9.88 Å². The van der Waals surface area contributed by atoms with Gasteiger partial charge in [-0.2, -0.15) is 0 Å². The summed E-state index contributed by atoms with van der Waals surface area (Å²) in [4.78, 5) is 18.8. The minimum atomic E-state index is -0.534. The minimum absolute atomic E-state index is 0.0705. The predicted octanol–water partition coefficient (Wildman–Crippen LogP) is 2.82. The molecule has 1 saturated heterocycles. The van der Waals surface area contributed by atoms with E-state index in [1.54, 1.807) is 0 Å². The maximum Gasteiger partial charge on any atom is 0.317 e. The highest BCUT2D eigenvalue weighted by atomic mass is 16.5. The molecule has 4 nitrogen and oxygen atoms in total. The average Bonchev–Trinajstić information content (AvgIpc) is 3.13. The summed E-state index contributed by atoms with van der Waals surface area (Å²) in [5.41, 5.74) is 3.23. The summed E-state index contributed by atoms with van der Waals surface area (Å²) in [6.07, 6.45) is 6.25. The van der Waals surface area contributed by atoms with Crippen molar-refractivity contribution in [2.45, 2.75) is 18.9 Å². The number of nitrogens with zero attached hydrogens (tertiary/aromatic N) is 1. The second kappa shape index (κ2) is 4.48. The zero-order chi connectivity index (χ0) is 15.6. The van der Waals surface area contributed by atoms with Crippen molar-refractivity contribution in [3.8, 4) is 0 Å². The van der Waals surface area contributed by atoms with E-state index in [-0.39, 0.29) is 12.0 Å². The Labute approximate surface area is 135 Å². The van der Waals surface area contributed by atoms with Gasteiger partial charge in [0, 0.05) is 29.7 Å². The Morgan fingerprint density at radius 2 is 2.26 bits per heavy atom. The fraction of sp³-hybridized carbons (Fsp3) is 0.421. The smallest absolute Gasteiger partial charge is 0.317 e. The van der Waals surface area contributed by atoms with Gasteiger partial charge in [-0.25, -0.2) is 0 Å². The van der Waals surface area contributed by atoms with E-state index in [0.717, 1.165) is 25.9 Å². The Hall–Kier alpha value is -2.07. The number of carbonyl (C=O) groups excluding carboxylic acids is 1. The van der Waals surface area contributed by atoms with Gasteiger partial charge < -0.3 is 9.72 Å². The van der Waals surface area contributed by atoms with E-state index < -0.39 is 5.41 Å². The molecule has 4 heteroatoms. The number of methoxy groups -OCH3 is 1. The van der Waals surface area contributed by atoms with Crippen LogP contribution >= 0.6 is 0 Å². The molecule has 118 valence electrons. The van der Waals surface area contributed by atoms with Crippen LogP contribution in [0.3, 0.4) is 0 Å². The summed E-state index contributed by atoms with van der Waals surface area (Å²) >= 11 is 0. The molecule has 1 fully saturated rings. The fourth-order valence-electron chi connectivity index (χ4n) is 5.03. The zero-order valence-electron chi connectivity index (χ0n) is 13.2. The van der Waals surface area contributed by atoms with E-state index in [4.69, 9.17) is 4.74 Å². The fourth-order valence-corrected chi connectivity index (χ4v) is 5.03. The lowest BCUT2D eigenvalue weighted by molar-refractivity contribution is -0.157. The summed E-state index contributed by atoms with van der Waals surface area (Å²) in [6.45, 7) is 2.05. The van der Waals surface area contributed by atoms with Crippen molar-refractivity contribution >= 4 is 16.9 Å². The first kappa shape index (κ1) is 13.4. The Kier molecular flexibility index (Phi) is 2.61. The molecule has 1 aromatic carbocycles. The van der Waals surface area contributed by atoms with Gasteiger partial charge in [-0.3, -0.25) is 9.69 Å². The maximum atomic E-state index is 12.7. The van der Waals surface area contributed by atoms with E-state index in [0.29, 0.717) is 5.92 Å². The van der Waals surface area contributed by atoms with Crippen LogP contribution in [0.4, 0.5) is 0 Å². The van der Waals surface area contributed by atoms with Crippen LogP contribution in [0.5, 0.6) is 0 Å². The van der Waals surface area contributed by atoms with Crippen molar-refractivity contribution in [2.75, 3.05) is 20.2 Å². The molecule has 0 radical (unpaired) electrons. The van der Waals surface area contributed by atoms with E-state index in [2.05, 4.69) is 46.3 Å². The molecule has 3 atom stereocenters. The lowest BCUT2D eigenvalue weighted by atomic mass is 9.71. The van der Waals surface area contributed by atoms with Gasteiger partial charge in [0.15, 0.2) is 0 Å². The Balaban J connectivity index is 1.74. The number of hydrogen-bond donors (Lipinski definition) is 1. The highest BCUT2D eigenvalue weighted by Gasteiger charge is 2.57. The number of nitrogens with one attached hydrogen (secondary N) is 1. The quantitative estimate of drug-likeness (QED) is 0.651. The van der Waals surface area contributed by atoms with Crippen LogP contribution in [0.2, 0.25) is 0 Å². The molecule has 1 aromatic heterocycles. The van der Waals surface area contributed by atoms with Gasteiger partial charge in [0.25, 0.3) is 0 Å². The van der Waals surface area contributed by atoms with Crippen LogP contribution < -0.4 is 0 Å². The van der Waals surface area contributed by atoms with E-state index in [1.807, 2.05) is 0 Å². The molecule has 0 spiro atoms. The Bertz CT molecular complexity index is 837. The standard InChI is InChI=1S/C19H20N2O2/c1-23-18(22)19-8-6-12(10-19)11-21-9-7-14-13-4-2-3-5-15(13)20-16(14)17(19)21/h2-6,8,12,17,20H,7,9-11H2,1H3. The van der Waals surface area contributed by atoms with Gasteiger partial charge in [-0.1, -0.05) is 30.4 Å². The third-order valence-corrected chi connectivity index (χ3v) is 5.92. The van der Waals surface area contributed by atoms with Crippen molar-refractivity contribution in [2.24, 2.45) is 11.3 Å². The summed E-state index contributed by atoms with van der Waals surface area (Å²) in [5.74, 6) is 0.369. The number of ether oxygens (including phenoxy) is 1. The van der Waals surface area contributed by atoms with E-state index in [9.17, 15) is 4.79 Å². The zero-order valence-corrected chi connectivity index (χ0v) is 13.2. The number of para-hydroxylation sites is 1. The van der Waals surface area contributed by atoms with Crippen LogP contribution in [0.25, 0.3) is 10.9 Å². The summed E-state index contributed by atoms with van der Waals surface area (Å²) in [6, 6.07) is 8.52. The number of piperidine rings is 1. The molecule has 3 aliphatic rings. The number of benzene rings is 1. The van der Waals surface area contributed by atoms with E-state index >= 15 is 0 Å². The highest BCUT2D eigenvalue weighted by molar-refractivity contribution is 5.87. The van der Waals surface area contributed by atoms with Crippen LogP contribution in [0.1, 0.15) is 23.7 Å². The highest BCUT2D eigenvalue weighted by Crippen LogP contribution is 2.55. The number of H-pyrrole nitrogens is 1. The molecule has 23 heavy (non-hydrogen) atoms. The molecule has 2 bridgehead atoms. The minimum Gasteiger partial charge on any atom is -0.468 e. The molecule has 1 N–H and O–H groups in total. The number of hydrogen-bond acceptors (Lipinski definition) is 3. The summed E-state index contributed by atoms with van der Waals surface area (Å²) in [7, 11) is 1.51. The monoisotopic (exact) mass is 308 g/mol. The summed E-state index contributed by atoms with van der Waals surface area (Å²) < 4.78 is 5.22. The molecule has 0 saturated carbocycles. The normalized spacial score (nSPS) is 31.9. The number of aromatic amines is 1. The largest absolute Gasteiger partial charge is 0.468 e. The van der Waals surface area contributed by atoms with Crippen LogP contribution in [0, 0.1) is 11.3 Å². The molecular formula is C19H20N2O2. The lowest BCUT2D eigenvalue weighted by Gasteiger charge is -2.48. The third kappa shape index (κ3) is 1.62. The van der Waals surface area contributed by atoms with E-state index in [1.165, 1.54) is 29.3 Å². The SMILES string of the molecule is COC(=O)C12C=CC(CN3CCc4c([nH]c5ccccc45)C31)C2. The Morgan fingerprint density at radius 1 is 1.39 bits per heavy atom. The number of fused-ring (bicyclic) bond motifs is 8. The summed E-state index contributed by atoms with van der Waals surface area (Å²) in [5, 5.41) is 1.30. The topological polar surface area (TPSA) is 45.3 Å². The molecule has 2 aliphatic heterocycles. The first-order valence-electron chi connectivity index (χ1n) is 8.34. The Morgan fingerprint density at radius 3 is 3.13 bits per heavy atom. The van der Waals surface area contributed by atoms with Crippen molar-refractivity contribution in [3.63, 3.8) is 0 Å². The van der Waals surface area contributed by atoms with Crippen LogP contribution in [-0.2, 0) is 16.0 Å². The first-order chi connectivity index (χ1) is 11.2. The second-order valence-corrected chi connectivity index (χ2v) is 7.07. The molecule has 3 unspecified atom stereocenters. The van der Waals surface area contributed by atoms with Crippen LogP contribution in [-0.4, -0.2) is 36.1 Å². The van der Waals surface area contributed by atoms with Gasteiger partial charge in [0.1, 0.15) is 5.41 Å². The first-order valence-corrected chi connectivity index (χ1v) is 8.34. The number of esters is 1. The predicted molar refractivity (Wildman–Crippen MR) is 88.0 cm³/mol. The third-order valence-electron chi connectivity index (χ3n) is 5.92. The number of rotatable bonds is 1. The molecule has 1 aliphatic carbocycles. The number of aromatic nitrogens is 1. The average molecular weight is 308 g/mol. The number of carbonyl (C=O) groups is 1. The van der Waals surface area contributed by atoms with Crippen LogP contribution in [0.15, 0.2) is 36.4 Å². The molecule has 0 amide bonds. The van der Waals surface area contributed by atoms with Crippen molar-refractivity contribution in [1.29, 1.82) is 0 Å². The maximum absolute atomic E-state index is 12.7. The van der Waals surface area contributed by atoms with Gasteiger partial charge in [0.05, 0.1) is 13.2 Å². The van der Waals surface area contributed by atoms with Crippen molar-refractivity contribution < 1.29 is 9.53 Å². The van der Waals surface area contributed by atoms with Gasteiger partial charge in [-0.15, -0.1) is 0 Å². The van der Waals surface area contributed by atoms with Gasteiger partial charge in [0.2, 0.25) is 0 Å². The lowest BCUT2D eigenvalue weighted by Crippen LogP contribution is -2.52.